The lowest BCUT2D eigenvalue weighted by Crippen LogP contribution is -2.36. The van der Waals surface area contributed by atoms with Crippen molar-refractivity contribution in [2.45, 2.75) is 44.8 Å². The van der Waals surface area contributed by atoms with Crippen LogP contribution >= 0.6 is 0 Å². The van der Waals surface area contributed by atoms with Crippen LogP contribution in [0.5, 0.6) is 5.75 Å². The van der Waals surface area contributed by atoms with Crippen molar-refractivity contribution in [2.24, 2.45) is 0 Å². The smallest absolute Gasteiger partial charge is 0.296 e. The van der Waals surface area contributed by atoms with Gasteiger partial charge in [0.1, 0.15) is 11.6 Å². The first-order valence-corrected chi connectivity index (χ1v) is 11.8. The molecule has 0 fully saturated rings. The molecule has 2 N–H and O–H groups in total. The fourth-order valence-corrected chi connectivity index (χ4v) is 4.30. The van der Waals surface area contributed by atoms with Crippen LogP contribution in [0.15, 0.2) is 48.3 Å². The molecule has 1 aliphatic heterocycles. The number of aromatic nitrogens is 2. The minimum Gasteiger partial charge on any atom is -0.501 e. The average Bonchev–Trinajstić information content (AvgIpc) is 3.09. The number of amides is 2. The molecule has 2 amide bonds. The number of likely N-dealkylation sites (N-methyl/N-ethyl adjacent to an activating group) is 1. The van der Waals surface area contributed by atoms with Gasteiger partial charge >= 0.3 is 0 Å². The van der Waals surface area contributed by atoms with Gasteiger partial charge in [-0.2, -0.15) is 0 Å². The largest absolute Gasteiger partial charge is 0.501 e. The van der Waals surface area contributed by atoms with Crippen molar-refractivity contribution < 1.29 is 19.1 Å². The van der Waals surface area contributed by atoms with Gasteiger partial charge in [-0.1, -0.05) is 18.7 Å². The molecule has 36 heavy (non-hydrogen) atoms. The van der Waals surface area contributed by atoms with Crippen LogP contribution in [-0.2, 0) is 17.9 Å². The number of hydrogen-bond donors (Lipinski definition) is 2. The summed E-state index contributed by atoms with van der Waals surface area (Å²) >= 11 is 0. The number of carbonyl (C=O) groups excluding carboxylic acids is 2. The van der Waals surface area contributed by atoms with Crippen molar-refractivity contribution in [1.29, 1.82) is 0 Å². The summed E-state index contributed by atoms with van der Waals surface area (Å²) in [6.07, 6.45) is 5.57. The third-order valence-electron chi connectivity index (χ3n) is 6.35. The van der Waals surface area contributed by atoms with E-state index >= 15 is 0 Å². The van der Waals surface area contributed by atoms with E-state index in [1.54, 1.807) is 19.2 Å². The minimum atomic E-state index is -0.753. The van der Waals surface area contributed by atoms with E-state index in [4.69, 9.17) is 0 Å². The fraction of sp³-hybridized carbons (Fsp3) is 0.385. The van der Waals surface area contributed by atoms with Crippen LogP contribution in [0.4, 0.5) is 10.1 Å². The van der Waals surface area contributed by atoms with Crippen molar-refractivity contribution >= 4 is 17.5 Å². The zero-order valence-electron chi connectivity index (χ0n) is 20.7. The number of hydrogen-bond acceptors (Lipinski definition) is 6. The lowest BCUT2D eigenvalue weighted by Gasteiger charge is -2.27. The topological polar surface area (TPSA) is 108 Å². The summed E-state index contributed by atoms with van der Waals surface area (Å²) in [6.45, 7) is 8.16. The van der Waals surface area contributed by atoms with Crippen molar-refractivity contribution in [1.82, 2.24) is 19.8 Å². The van der Waals surface area contributed by atoms with Crippen LogP contribution in [-0.4, -0.2) is 52.0 Å². The molecule has 192 valence electrons. The molecule has 10 heteroatoms. The second-order valence-electron chi connectivity index (χ2n) is 8.74. The highest BCUT2D eigenvalue weighted by molar-refractivity contribution is 5.94. The molecule has 0 saturated carbocycles. The van der Waals surface area contributed by atoms with Gasteiger partial charge in [0.25, 0.3) is 11.5 Å². The number of fused-ring (bicyclic) bond motifs is 1. The van der Waals surface area contributed by atoms with E-state index in [0.29, 0.717) is 43.6 Å². The Bertz CT molecular complexity index is 1230. The molecule has 0 spiro atoms. The van der Waals surface area contributed by atoms with Crippen molar-refractivity contribution in [2.75, 3.05) is 25.5 Å². The maximum Gasteiger partial charge on any atom is 0.296 e. The molecule has 9 nitrogen and oxygen atoms in total. The van der Waals surface area contributed by atoms with Gasteiger partial charge in [-0.15, -0.1) is 6.58 Å². The maximum atomic E-state index is 13.9. The molecule has 1 aromatic heterocycles. The molecular weight excluding hydrogens is 465 g/mol. The van der Waals surface area contributed by atoms with Gasteiger partial charge in [0.2, 0.25) is 11.7 Å². The quantitative estimate of drug-likeness (QED) is 0.408. The zero-order valence-corrected chi connectivity index (χ0v) is 20.7. The van der Waals surface area contributed by atoms with Crippen LogP contribution in [0.3, 0.4) is 0 Å². The number of nitrogens with zero attached hydrogens (tertiary/aromatic N) is 4. The number of benzene rings is 1. The number of anilines is 1. The highest BCUT2D eigenvalue weighted by Crippen LogP contribution is 2.29. The highest BCUT2D eigenvalue weighted by atomic mass is 19.1. The fourth-order valence-electron chi connectivity index (χ4n) is 4.30. The Morgan fingerprint density at radius 2 is 2.06 bits per heavy atom. The molecule has 0 saturated heterocycles. The van der Waals surface area contributed by atoms with Gasteiger partial charge in [0, 0.05) is 39.4 Å². The third kappa shape index (κ3) is 5.64. The summed E-state index contributed by atoms with van der Waals surface area (Å²) in [4.78, 5) is 46.0. The Morgan fingerprint density at radius 1 is 1.31 bits per heavy atom. The van der Waals surface area contributed by atoms with Crippen molar-refractivity contribution in [3.8, 4) is 5.75 Å². The molecule has 1 atom stereocenters. The SMILES string of the molecule is C=CCCN(C)c1cc(F)ccc1CNC(=O)c1nc2n(c(=O)c1O)CCCCC2N(C)C(=O)C=C. The lowest BCUT2D eigenvalue weighted by molar-refractivity contribution is -0.127. The molecule has 1 aliphatic rings. The predicted molar refractivity (Wildman–Crippen MR) is 135 cm³/mol. The maximum absolute atomic E-state index is 13.9. The van der Waals surface area contributed by atoms with Gasteiger partial charge in [0.05, 0.1) is 6.04 Å². The summed E-state index contributed by atoms with van der Waals surface area (Å²) < 4.78 is 15.2. The first-order valence-electron chi connectivity index (χ1n) is 11.8. The molecule has 1 unspecified atom stereocenters. The van der Waals surface area contributed by atoms with Crippen molar-refractivity contribution in [3.63, 3.8) is 0 Å². The second kappa shape index (κ2) is 11.7. The zero-order chi connectivity index (χ0) is 26.4. The minimum absolute atomic E-state index is 0.0185. The third-order valence-corrected chi connectivity index (χ3v) is 6.35. The monoisotopic (exact) mass is 497 g/mol. The predicted octanol–water partition coefficient (Wildman–Crippen LogP) is 2.90. The highest BCUT2D eigenvalue weighted by Gasteiger charge is 2.30. The van der Waals surface area contributed by atoms with E-state index in [0.717, 1.165) is 6.42 Å². The molecule has 2 heterocycles. The van der Waals surface area contributed by atoms with Gasteiger partial charge in [-0.05, 0) is 49.5 Å². The standard InChI is InChI=1S/C26H32FN5O4/c1-5-7-13-30(3)20-15-18(27)12-11-17(20)16-28-25(35)22-23(34)26(36)32-14-9-8-10-19(24(32)29-22)31(4)21(33)6-2/h5-6,11-12,15,19,34H,1-2,7-10,13-14,16H2,3-4H3,(H,28,35). The summed E-state index contributed by atoms with van der Waals surface area (Å²) in [5.41, 5.74) is 0.0989. The molecule has 2 aromatic rings. The summed E-state index contributed by atoms with van der Waals surface area (Å²) in [7, 11) is 3.40. The van der Waals surface area contributed by atoms with Gasteiger partial charge < -0.3 is 20.2 Å². The van der Waals surface area contributed by atoms with E-state index in [9.17, 15) is 23.9 Å². The van der Waals surface area contributed by atoms with Gasteiger partial charge in [-0.3, -0.25) is 19.0 Å². The number of aromatic hydroxyl groups is 1. The van der Waals surface area contributed by atoms with Crippen LogP contribution in [0.2, 0.25) is 0 Å². The van der Waals surface area contributed by atoms with Crippen LogP contribution in [0.1, 0.15) is 53.6 Å². The van der Waals surface area contributed by atoms with Gasteiger partial charge in [-0.25, -0.2) is 9.37 Å². The summed E-state index contributed by atoms with van der Waals surface area (Å²) in [5.74, 6) is -2.02. The number of halogens is 1. The second-order valence-corrected chi connectivity index (χ2v) is 8.74. The van der Waals surface area contributed by atoms with E-state index in [1.807, 2.05) is 11.9 Å². The van der Waals surface area contributed by atoms with Crippen LogP contribution in [0.25, 0.3) is 0 Å². The normalized spacial score (nSPS) is 14.8. The Labute approximate surface area is 209 Å². The van der Waals surface area contributed by atoms with E-state index < -0.39 is 34.8 Å². The summed E-state index contributed by atoms with van der Waals surface area (Å²) in [5, 5.41) is 13.2. The van der Waals surface area contributed by atoms with Crippen LogP contribution < -0.4 is 15.8 Å². The molecule has 0 bridgehead atoms. The Balaban J connectivity index is 1.92. The number of rotatable bonds is 9. The van der Waals surface area contributed by atoms with Crippen LogP contribution in [0, 0.1) is 5.82 Å². The Kier molecular flexibility index (Phi) is 8.63. The van der Waals surface area contributed by atoms with E-state index in [1.165, 1.54) is 27.7 Å². The first-order chi connectivity index (χ1) is 17.2. The molecular formula is C26H32FN5O4. The lowest BCUT2D eigenvalue weighted by atomic mass is 10.1. The van der Waals surface area contributed by atoms with Crippen molar-refractivity contribution in [3.05, 3.63) is 76.8 Å². The van der Waals surface area contributed by atoms with E-state index in [2.05, 4.69) is 23.5 Å². The Morgan fingerprint density at radius 3 is 2.75 bits per heavy atom. The Hall–Kier alpha value is -3.95. The molecule has 3 rings (SSSR count). The van der Waals surface area contributed by atoms with Gasteiger partial charge in [0.15, 0.2) is 5.69 Å². The summed E-state index contributed by atoms with van der Waals surface area (Å²) in [6, 6.07) is 3.69. The molecule has 1 aromatic carbocycles. The number of nitrogens with one attached hydrogen (secondary N) is 1. The molecule has 0 aliphatic carbocycles. The first kappa shape index (κ1) is 26.7. The number of carbonyl (C=O) groups is 2. The molecule has 0 radical (unpaired) electrons. The van der Waals surface area contributed by atoms with E-state index in [-0.39, 0.29) is 18.3 Å². The average molecular weight is 498 g/mol.